The van der Waals surface area contributed by atoms with Gasteiger partial charge >= 0.3 is 11.8 Å². The van der Waals surface area contributed by atoms with Crippen molar-refractivity contribution >= 4 is 17.1 Å². The van der Waals surface area contributed by atoms with E-state index in [2.05, 4.69) is 10.6 Å². The average Bonchev–Trinajstić information content (AvgIpc) is 3.09. The second-order valence-electron chi connectivity index (χ2n) is 5.96. The van der Waals surface area contributed by atoms with Gasteiger partial charge in [0.05, 0.1) is 11.6 Å². The van der Waals surface area contributed by atoms with Crippen molar-refractivity contribution in [1.82, 2.24) is 15.2 Å². The Kier molecular flexibility index (Phi) is 4.66. The SMILES string of the molecule is O=C(NCCn1c(=O)oc2ccccc21)NCC1CCC(O)C1. The fourth-order valence-electron chi connectivity index (χ4n) is 3.04. The topological polar surface area (TPSA) is 96.5 Å². The van der Waals surface area contributed by atoms with Crippen LogP contribution < -0.4 is 16.4 Å². The zero-order valence-corrected chi connectivity index (χ0v) is 12.8. The molecule has 2 amide bonds. The van der Waals surface area contributed by atoms with Crippen LogP contribution in [0.15, 0.2) is 33.5 Å². The molecule has 0 spiro atoms. The van der Waals surface area contributed by atoms with Crippen LogP contribution in [0, 0.1) is 5.92 Å². The molecule has 1 fully saturated rings. The Morgan fingerprint density at radius 3 is 2.91 bits per heavy atom. The summed E-state index contributed by atoms with van der Waals surface area (Å²) in [4.78, 5) is 23.6. The van der Waals surface area contributed by atoms with Gasteiger partial charge in [-0.05, 0) is 37.3 Å². The first kappa shape index (κ1) is 15.6. The van der Waals surface area contributed by atoms with Crippen LogP contribution in [0.5, 0.6) is 0 Å². The smallest absolute Gasteiger partial charge is 0.408 e. The van der Waals surface area contributed by atoms with E-state index in [0.29, 0.717) is 31.1 Å². The number of fused-ring (bicyclic) bond motifs is 1. The molecule has 0 radical (unpaired) electrons. The summed E-state index contributed by atoms with van der Waals surface area (Å²) in [5.74, 6) is -0.0791. The van der Waals surface area contributed by atoms with Gasteiger partial charge in [0.2, 0.25) is 0 Å². The molecule has 1 aromatic heterocycles. The van der Waals surface area contributed by atoms with Crippen molar-refractivity contribution in [3.63, 3.8) is 0 Å². The third-order valence-electron chi connectivity index (χ3n) is 4.26. The van der Waals surface area contributed by atoms with Gasteiger partial charge in [0.15, 0.2) is 5.58 Å². The summed E-state index contributed by atoms with van der Waals surface area (Å²) in [6, 6.07) is 6.94. The van der Waals surface area contributed by atoms with Crippen molar-refractivity contribution in [1.29, 1.82) is 0 Å². The number of hydrogen-bond acceptors (Lipinski definition) is 4. The zero-order chi connectivity index (χ0) is 16.2. The summed E-state index contributed by atoms with van der Waals surface area (Å²) in [5.41, 5.74) is 1.27. The van der Waals surface area contributed by atoms with E-state index >= 15 is 0 Å². The van der Waals surface area contributed by atoms with Gasteiger partial charge in [0, 0.05) is 19.6 Å². The van der Waals surface area contributed by atoms with Crippen molar-refractivity contribution in [2.24, 2.45) is 5.92 Å². The molecule has 0 bridgehead atoms. The van der Waals surface area contributed by atoms with Crippen LogP contribution in [0.3, 0.4) is 0 Å². The summed E-state index contributed by atoms with van der Waals surface area (Å²) in [7, 11) is 0. The number of para-hydroxylation sites is 2. The van der Waals surface area contributed by atoms with Crippen molar-refractivity contribution in [2.45, 2.75) is 31.9 Å². The first-order chi connectivity index (χ1) is 11.1. The number of nitrogens with zero attached hydrogens (tertiary/aromatic N) is 1. The minimum absolute atomic E-state index is 0.230. The second-order valence-corrected chi connectivity index (χ2v) is 5.96. The van der Waals surface area contributed by atoms with Crippen molar-refractivity contribution in [3.05, 3.63) is 34.8 Å². The maximum absolute atomic E-state index is 11.8. The number of amides is 2. The molecule has 0 saturated heterocycles. The van der Waals surface area contributed by atoms with Crippen LogP contribution in [0.25, 0.3) is 11.1 Å². The number of oxazole rings is 1. The first-order valence-electron chi connectivity index (χ1n) is 7.91. The molecule has 3 rings (SSSR count). The Hall–Kier alpha value is -2.28. The molecule has 23 heavy (non-hydrogen) atoms. The summed E-state index contributed by atoms with van der Waals surface area (Å²) in [6.45, 7) is 1.26. The molecule has 1 aliphatic rings. The lowest BCUT2D eigenvalue weighted by Gasteiger charge is -2.12. The quantitative estimate of drug-likeness (QED) is 0.767. The minimum Gasteiger partial charge on any atom is -0.408 e. The van der Waals surface area contributed by atoms with Gasteiger partial charge in [0.1, 0.15) is 0 Å². The van der Waals surface area contributed by atoms with Gasteiger partial charge in [-0.15, -0.1) is 0 Å². The molecule has 2 atom stereocenters. The standard InChI is InChI=1S/C16H21N3O4/c20-12-6-5-11(9-12)10-18-15(21)17-7-8-19-13-3-1-2-4-14(13)23-16(19)22/h1-4,11-12,20H,5-10H2,(H2,17,18,21). The average molecular weight is 319 g/mol. The largest absolute Gasteiger partial charge is 0.420 e. The molecule has 7 heteroatoms. The molecule has 124 valence electrons. The van der Waals surface area contributed by atoms with E-state index in [1.165, 1.54) is 4.57 Å². The molecular formula is C16H21N3O4. The van der Waals surface area contributed by atoms with Crippen LogP contribution in [0.4, 0.5) is 4.79 Å². The Bertz CT molecular complexity index is 736. The molecule has 7 nitrogen and oxygen atoms in total. The maximum Gasteiger partial charge on any atom is 0.420 e. The van der Waals surface area contributed by atoms with Gasteiger partial charge in [-0.3, -0.25) is 4.57 Å². The molecular weight excluding hydrogens is 298 g/mol. The molecule has 1 aliphatic carbocycles. The van der Waals surface area contributed by atoms with Crippen molar-refractivity contribution in [2.75, 3.05) is 13.1 Å². The highest BCUT2D eigenvalue weighted by Gasteiger charge is 2.22. The lowest BCUT2D eigenvalue weighted by atomic mass is 10.1. The Morgan fingerprint density at radius 2 is 2.13 bits per heavy atom. The summed E-state index contributed by atoms with van der Waals surface area (Å²) >= 11 is 0. The first-order valence-corrected chi connectivity index (χ1v) is 7.91. The highest BCUT2D eigenvalue weighted by atomic mass is 16.4. The third-order valence-corrected chi connectivity index (χ3v) is 4.26. The number of aliphatic hydroxyl groups is 1. The second kappa shape index (κ2) is 6.87. The highest BCUT2D eigenvalue weighted by Crippen LogP contribution is 2.24. The van der Waals surface area contributed by atoms with Gasteiger partial charge in [-0.25, -0.2) is 9.59 Å². The Morgan fingerprint density at radius 1 is 1.30 bits per heavy atom. The number of benzene rings is 1. The number of hydrogen-bond donors (Lipinski definition) is 3. The highest BCUT2D eigenvalue weighted by molar-refractivity contribution is 5.74. The zero-order valence-electron chi connectivity index (χ0n) is 12.8. The maximum atomic E-state index is 11.8. The Balaban J connectivity index is 1.46. The van der Waals surface area contributed by atoms with Crippen LogP contribution >= 0.6 is 0 Å². The molecule has 1 heterocycles. The van der Waals surface area contributed by atoms with Gasteiger partial charge in [-0.1, -0.05) is 12.1 Å². The normalized spacial score (nSPS) is 20.7. The number of nitrogens with one attached hydrogen (secondary N) is 2. The predicted octanol–water partition coefficient (Wildman–Crippen LogP) is 1.05. The lowest BCUT2D eigenvalue weighted by molar-refractivity contribution is 0.177. The van der Waals surface area contributed by atoms with Crippen LogP contribution in [0.2, 0.25) is 0 Å². The predicted molar refractivity (Wildman–Crippen MR) is 85.2 cm³/mol. The molecule has 2 aromatic rings. The van der Waals surface area contributed by atoms with E-state index in [-0.39, 0.29) is 12.1 Å². The number of rotatable bonds is 5. The van der Waals surface area contributed by atoms with Crippen molar-refractivity contribution < 1.29 is 14.3 Å². The number of urea groups is 1. The monoisotopic (exact) mass is 319 g/mol. The molecule has 1 saturated carbocycles. The molecule has 2 unspecified atom stereocenters. The molecule has 3 N–H and O–H groups in total. The van der Waals surface area contributed by atoms with Crippen LogP contribution in [0.1, 0.15) is 19.3 Å². The van der Waals surface area contributed by atoms with Crippen LogP contribution in [-0.2, 0) is 6.54 Å². The van der Waals surface area contributed by atoms with E-state index in [9.17, 15) is 14.7 Å². The summed E-state index contributed by atoms with van der Waals surface area (Å²) in [6.07, 6.45) is 2.27. The van der Waals surface area contributed by atoms with E-state index in [1.807, 2.05) is 12.1 Å². The van der Waals surface area contributed by atoms with Crippen LogP contribution in [-0.4, -0.2) is 34.9 Å². The summed E-state index contributed by atoms with van der Waals surface area (Å²) in [5, 5.41) is 15.0. The van der Waals surface area contributed by atoms with Gasteiger partial charge in [-0.2, -0.15) is 0 Å². The molecule has 0 aliphatic heterocycles. The summed E-state index contributed by atoms with van der Waals surface area (Å²) < 4.78 is 6.64. The number of carbonyl (C=O) groups is 1. The fraction of sp³-hybridized carbons (Fsp3) is 0.500. The molecule has 1 aromatic carbocycles. The van der Waals surface area contributed by atoms with E-state index in [0.717, 1.165) is 24.8 Å². The van der Waals surface area contributed by atoms with Gasteiger partial charge < -0.3 is 20.2 Å². The fourth-order valence-corrected chi connectivity index (χ4v) is 3.04. The van der Waals surface area contributed by atoms with Gasteiger partial charge in [0.25, 0.3) is 0 Å². The third kappa shape index (κ3) is 3.73. The number of aromatic nitrogens is 1. The van der Waals surface area contributed by atoms with Crippen molar-refractivity contribution in [3.8, 4) is 0 Å². The van der Waals surface area contributed by atoms with E-state index in [4.69, 9.17) is 4.42 Å². The minimum atomic E-state index is -0.423. The van der Waals surface area contributed by atoms with E-state index in [1.54, 1.807) is 12.1 Å². The number of carbonyl (C=O) groups excluding carboxylic acids is 1. The van der Waals surface area contributed by atoms with E-state index < -0.39 is 5.76 Å². The number of aliphatic hydroxyl groups excluding tert-OH is 1. The Labute approximate surface area is 133 Å². The lowest BCUT2D eigenvalue weighted by Crippen LogP contribution is -2.39.